The van der Waals surface area contributed by atoms with Crippen LogP contribution in [0, 0.1) is 0 Å². The molecule has 0 bridgehead atoms. The van der Waals surface area contributed by atoms with Gasteiger partial charge in [0.1, 0.15) is 12.4 Å². The fourth-order valence-electron chi connectivity index (χ4n) is 3.48. The van der Waals surface area contributed by atoms with Crippen molar-refractivity contribution in [2.24, 2.45) is 0 Å². The maximum Gasteiger partial charge on any atom is 0.260 e. The van der Waals surface area contributed by atoms with Crippen molar-refractivity contribution in [1.29, 1.82) is 0 Å². The van der Waals surface area contributed by atoms with Crippen molar-refractivity contribution in [1.82, 2.24) is 4.90 Å². The molecule has 1 heterocycles. The second-order valence-corrected chi connectivity index (χ2v) is 7.43. The van der Waals surface area contributed by atoms with E-state index in [0.717, 1.165) is 42.9 Å². The molecule has 1 saturated heterocycles. The van der Waals surface area contributed by atoms with Crippen LogP contribution < -0.4 is 19.5 Å². The summed E-state index contributed by atoms with van der Waals surface area (Å²) in [4.78, 5) is 14.3. The van der Waals surface area contributed by atoms with Gasteiger partial charge >= 0.3 is 0 Å². The molecule has 166 valence electrons. The first-order valence-electron chi connectivity index (χ1n) is 10.9. The molecule has 0 atom stereocenters. The van der Waals surface area contributed by atoms with E-state index < -0.39 is 0 Å². The van der Waals surface area contributed by atoms with Gasteiger partial charge in [-0.05, 0) is 56.0 Å². The number of likely N-dealkylation sites (tertiary alicyclic amines) is 1. The summed E-state index contributed by atoms with van der Waals surface area (Å²) in [6.45, 7) is 8.91. The summed E-state index contributed by atoms with van der Waals surface area (Å²) in [6.07, 6.45) is 5.06. The van der Waals surface area contributed by atoms with Crippen LogP contribution in [-0.2, 0) is 11.3 Å². The topological polar surface area (TPSA) is 60.0 Å². The molecule has 31 heavy (non-hydrogen) atoms. The molecule has 1 fully saturated rings. The fraction of sp³-hybridized carbons (Fsp3) is 0.400. The van der Waals surface area contributed by atoms with Crippen molar-refractivity contribution in [3.05, 3.63) is 60.7 Å². The van der Waals surface area contributed by atoms with E-state index in [-0.39, 0.29) is 12.5 Å². The van der Waals surface area contributed by atoms with E-state index in [1.807, 2.05) is 54.3 Å². The minimum atomic E-state index is 0.0337. The average Bonchev–Trinajstić information content (AvgIpc) is 2.81. The molecule has 6 nitrogen and oxygen atoms in total. The van der Waals surface area contributed by atoms with Crippen LogP contribution >= 0.6 is 0 Å². The lowest BCUT2D eigenvalue weighted by molar-refractivity contribution is -0.134. The van der Waals surface area contributed by atoms with E-state index in [9.17, 15) is 4.79 Å². The van der Waals surface area contributed by atoms with Gasteiger partial charge in [-0.15, -0.1) is 0 Å². The Hall–Kier alpha value is -3.15. The van der Waals surface area contributed by atoms with Gasteiger partial charge in [-0.25, -0.2) is 0 Å². The maximum atomic E-state index is 12.4. The summed E-state index contributed by atoms with van der Waals surface area (Å²) >= 11 is 0. The lowest BCUT2D eigenvalue weighted by Crippen LogP contribution is -2.38. The molecule has 6 heteroatoms. The summed E-state index contributed by atoms with van der Waals surface area (Å²) < 4.78 is 17.2. The number of carbonyl (C=O) groups is 1. The molecule has 0 unspecified atom stereocenters. The molecule has 0 saturated carbocycles. The second kappa shape index (κ2) is 11.9. The van der Waals surface area contributed by atoms with Gasteiger partial charge in [0.2, 0.25) is 0 Å². The third-order valence-electron chi connectivity index (χ3n) is 5.07. The standard InChI is InChI=1S/C25H32N2O4/c1-3-15-30-22-10-8-9-21(17-22)26-18-20-11-12-23(24(16-20)29-4-2)31-19-25(28)27-13-6-5-7-14-27/h3,8-12,16-17,26H,1,4-7,13-15,18-19H2,2H3. The minimum Gasteiger partial charge on any atom is -0.490 e. The molecule has 3 rings (SSSR count). The molecular weight excluding hydrogens is 392 g/mol. The van der Waals surface area contributed by atoms with Crippen LogP contribution in [0.5, 0.6) is 17.2 Å². The van der Waals surface area contributed by atoms with Gasteiger partial charge in [-0.1, -0.05) is 24.8 Å². The van der Waals surface area contributed by atoms with Crippen molar-refractivity contribution in [2.45, 2.75) is 32.7 Å². The van der Waals surface area contributed by atoms with Crippen molar-refractivity contribution in [3.8, 4) is 17.2 Å². The van der Waals surface area contributed by atoms with Gasteiger partial charge in [-0.2, -0.15) is 0 Å². The van der Waals surface area contributed by atoms with E-state index in [2.05, 4.69) is 11.9 Å². The van der Waals surface area contributed by atoms with E-state index in [4.69, 9.17) is 14.2 Å². The Morgan fingerprint density at radius 2 is 1.90 bits per heavy atom. The zero-order chi connectivity index (χ0) is 21.9. The number of rotatable bonds is 11. The number of nitrogens with zero attached hydrogens (tertiary/aromatic N) is 1. The van der Waals surface area contributed by atoms with Gasteiger partial charge in [0.25, 0.3) is 5.91 Å². The summed E-state index contributed by atoms with van der Waals surface area (Å²) in [6, 6.07) is 13.6. The summed E-state index contributed by atoms with van der Waals surface area (Å²) in [5, 5.41) is 3.40. The van der Waals surface area contributed by atoms with Crippen LogP contribution in [0.3, 0.4) is 0 Å². The monoisotopic (exact) mass is 424 g/mol. The predicted molar refractivity (Wildman–Crippen MR) is 123 cm³/mol. The molecule has 1 N–H and O–H groups in total. The molecule has 0 aliphatic carbocycles. The molecule has 0 aromatic heterocycles. The highest BCUT2D eigenvalue weighted by Gasteiger charge is 2.17. The van der Waals surface area contributed by atoms with Gasteiger partial charge < -0.3 is 24.4 Å². The molecule has 1 aliphatic heterocycles. The zero-order valence-electron chi connectivity index (χ0n) is 18.3. The summed E-state index contributed by atoms with van der Waals surface area (Å²) in [5.74, 6) is 2.07. The Morgan fingerprint density at radius 1 is 1.06 bits per heavy atom. The molecule has 1 amide bonds. The van der Waals surface area contributed by atoms with Crippen molar-refractivity contribution in [3.63, 3.8) is 0 Å². The molecule has 2 aromatic carbocycles. The second-order valence-electron chi connectivity index (χ2n) is 7.43. The number of amides is 1. The maximum absolute atomic E-state index is 12.4. The Morgan fingerprint density at radius 3 is 2.68 bits per heavy atom. The molecule has 1 aliphatic rings. The number of nitrogens with one attached hydrogen (secondary N) is 1. The van der Waals surface area contributed by atoms with E-state index in [0.29, 0.717) is 31.3 Å². The van der Waals surface area contributed by atoms with Crippen molar-refractivity contribution >= 4 is 11.6 Å². The van der Waals surface area contributed by atoms with Crippen LogP contribution in [0.25, 0.3) is 0 Å². The Bertz CT molecular complexity index is 862. The lowest BCUT2D eigenvalue weighted by atomic mass is 10.1. The predicted octanol–water partition coefficient (Wildman–Crippen LogP) is 4.65. The highest BCUT2D eigenvalue weighted by Crippen LogP contribution is 2.29. The fourth-order valence-corrected chi connectivity index (χ4v) is 3.48. The number of ether oxygens (including phenoxy) is 3. The largest absolute Gasteiger partial charge is 0.490 e. The van der Waals surface area contributed by atoms with Gasteiger partial charge in [0.15, 0.2) is 18.1 Å². The van der Waals surface area contributed by atoms with E-state index in [1.165, 1.54) is 6.42 Å². The van der Waals surface area contributed by atoms with Crippen molar-refractivity contribution < 1.29 is 19.0 Å². The van der Waals surface area contributed by atoms with Crippen LogP contribution in [0.1, 0.15) is 31.7 Å². The SMILES string of the molecule is C=CCOc1cccc(NCc2ccc(OCC(=O)N3CCCCC3)c(OCC)c2)c1. The Labute approximate surface area is 184 Å². The Balaban J connectivity index is 1.59. The van der Waals surface area contributed by atoms with Crippen LogP contribution in [0.2, 0.25) is 0 Å². The highest BCUT2D eigenvalue weighted by molar-refractivity contribution is 5.78. The number of benzene rings is 2. The normalized spacial score (nSPS) is 13.4. The quantitative estimate of drug-likeness (QED) is 0.532. The number of carbonyl (C=O) groups excluding carboxylic acids is 1. The minimum absolute atomic E-state index is 0.0337. The van der Waals surface area contributed by atoms with E-state index in [1.54, 1.807) is 6.08 Å². The lowest BCUT2D eigenvalue weighted by Gasteiger charge is -2.26. The van der Waals surface area contributed by atoms with Gasteiger partial charge in [0.05, 0.1) is 6.61 Å². The summed E-state index contributed by atoms with van der Waals surface area (Å²) in [5.41, 5.74) is 2.02. The first-order chi connectivity index (χ1) is 15.2. The average molecular weight is 425 g/mol. The zero-order valence-corrected chi connectivity index (χ0v) is 18.3. The molecule has 2 aromatic rings. The highest BCUT2D eigenvalue weighted by atomic mass is 16.5. The molecule has 0 radical (unpaired) electrons. The number of piperidine rings is 1. The third-order valence-corrected chi connectivity index (χ3v) is 5.07. The number of hydrogen-bond donors (Lipinski definition) is 1. The van der Waals surface area contributed by atoms with Crippen molar-refractivity contribution in [2.75, 3.05) is 38.2 Å². The van der Waals surface area contributed by atoms with Gasteiger partial charge in [-0.3, -0.25) is 4.79 Å². The van der Waals surface area contributed by atoms with Crippen LogP contribution in [0.4, 0.5) is 5.69 Å². The molecular formula is C25H32N2O4. The van der Waals surface area contributed by atoms with Crippen LogP contribution in [0.15, 0.2) is 55.1 Å². The molecule has 0 spiro atoms. The number of hydrogen-bond acceptors (Lipinski definition) is 5. The number of anilines is 1. The smallest absolute Gasteiger partial charge is 0.260 e. The van der Waals surface area contributed by atoms with E-state index >= 15 is 0 Å². The Kier molecular flexibility index (Phi) is 8.64. The first-order valence-corrected chi connectivity index (χ1v) is 10.9. The first kappa shape index (κ1) is 22.5. The van der Waals surface area contributed by atoms with Gasteiger partial charge in [0, 0.05) is 31.4 Å². The third kappa shape index (κ3) is 6.95. The van der Waals surface area contributed by atoms with Crippen LogP contribution in [-0.4, -0.2) is 43.7 Å². The summed E-state index contributed by atoms with van der Waals surface area (Å²) in [7, 11) is 0.